The van der Waals surface area contributed by atoms with Gasteiger partial charge in [0.15, 0.2) is 0 Å². The highest BCUT2D eigenvalue weighted by Crippen LogP contribution is 2.39. The maximum Gasteiger partial charge on any atom is 0.135 e. The first-order valence-electron chi connectivity index (χ1n) is 13.2. The number of rotatable bonds is 3. The van der Waals surface area contributed by atoms with Gasteiger partial charge < -0.3 is 14.7 Å². The molecule has 0 saturated heterocycles. The van der Waals surface area contributed by atoms with Crippen LogP contribution < -0.4 is 5.73 Å². The summed E-state index contributed by atoms with van der Waals surface area (Å²) >= 11 is 0. The van der Waals surface area contributed by atoms with Crippen molar-refractivity contribution in [2.45, 2.75) is 0 Å². The van der Waals surface area contributed by atoms with Crippen molar-refractivity contribution in [3.05, 3.63) is 133 Å². The Hall–Kier alpha value is -5.28. The minimum Gasteiger partial charge on any atom is -0.456 e. The van der Waals surface area contributed by atoms with Crippen molar-refractivity contribution in [2.75, 3.05) is 5.73 Å². The molecule has 8 rings (SSSR count). The largest absolute Gasteiger partial charge is 0.456 e. The van der Waals surface area contributed by atoms with E-state index in [4.69, 9.17) is 10.2 Å². The fourth-order valence-corrected chi connectivity index (χ4v) is 5.97. The van der Waals surface area contributed by atoms with Crippen LogP contribution >= 0.6 is 0 Å². The van der Waals surface area contributed by atoms with E-state index < -0.39 is 0 Å². The number of nitrogens with zero attached hydrogens (tertiary/aromatic N) is 1. The van der Waals surface area contributed by atoms with Gasteiger partial charge in [0.05, 0.1) is 16.7 Å². The molecule has 0 fully saturated rings. The van der Waals surface area contributed by atoms with E-state index in [1.54, 1.807) is 0 Å². The van der Waals surface area contributed by atoms with Crippen LogP contribution in [0.3, 0.4) is 0 Å². The van der Waals surface area contributed by atoms with Gasteiger partial charge in [-0.05, 0) is 59.7 Å². The predicted molar refractivity (Wildman–Crippen MR) is 163 cm³/mol. The molecule has 2 heterocycles. The van der Waals surface area contributed by atoms with Crippen molar-refractivity contribution in [2.24, 2.45) is 0 Å². The molecule has 0 aliphatic carbocycles. The van der Waals surface area contributed by atoms with Gasteiger partial charge in [-0.2, -0.15) is 0 Å². The summed E-state index contributed by atoms with van der Waals surface area (Å²) in [5, 5.41) is 4.69. The van der Waals surface area contributed by atoms with Crippen molar-refractivity contribution in [3.8, 4) is 27.9 Å². The van der Waals surface area contributed by atoms with Crippen LogP contribution in [0.5, 0.6) is 0 Å². The van der Waals surface area contributed by atoms with E-state index in [2.05, 4.69) is 114 Å². The quantitative estimate of drug-likeness (QED) is 0.245. The van der Waals surface area contributed by atoms with Gasteiger partial charge in [-0.25, -0.2) is 0 Å². The number of fused-ring (bicyclic) bond motifs is 6. The van der Waals surface area contributed by atoms with Gasteiger partial charge in [0.2, 0.25) is 0 Å². The van der Waals surface area contributed by atoms with Crippen LogP contribution in [-0.2, 0) is 0 Å². The van der Waals surface area contributed by atoms with Gasteiger partial charge in [0, 0.05) is 38.4 Å². The highest BCUT2D eigenvalue weighted by atomic mass is 16.3. The van der Waals surface area contributed by atoms with Gasteiger partial charge in [-0.1, -0.05) is 84.9 Å². The number of anilines is 1. The van der Waals surface area contributed by atoms with E-state index >= 15 is 0 Å². The van der Waals surface area contributed by atoms with Crippen molar-refractivity contribution >= 4 is 49.4 Å². The Bertz CT molecular complexity index is 2140. The molecule has 0 amide bonds. The smallest absolute Gasteiger partial charge is 0.135 e. The van der Waals surface area contributed by atoms with Gasteiger partial charge in [-0.15, -0.1) is 0 Å². The van der Waals surface area contributed by atoms with Crippen molar-refractivity contribution in [3.63, 3.8) is 0 Å². The van der Waals surface area contributed by atoms with Crippen molar-refractivity contribution in [1.82, 2.24) is 4.57 Å². The van der Waals surface area contributed by atoms with Crippen LogP contribution in [-0.4, -0.2) is 4.57 Å². The normalized spacial score (nSPS) is 11.7. The first kappa shape index (κ1) is 21.8. The molecule has 0 atom stereocenters. The molecule has 39 heavy (non-hydrogen) atoms. The molecule has 0 aliphatic rings. The standard InChI is InChI=1S/C36H24N2O/c37-31-13-5-1-9-25(31)23-17-19-35-29(21-23)30-22-24(18-20-36(30)39-35)26-10-2-6-14-32(26)38-33-15-7-3-11-27(33)28-12-4-8-16-34(28)38/h1-22H,37H2. The zero-order valence-electron chi connectivity index (χ0n) is 21.1. The lowest BCUT2D eigenvalue weighted by Crippen LogP contribution is -1.96. The summed E-state index contributed by atoms with van der Waals surface area (Å²) in [4.78, 5) is 0. The SMILES string of the molecule is Nc1ccccc1-c1ccc2oc3ccc(-c4ccccc4-n4c5ccccc5c5ccccc54)cc3c2c1. The van der Waals surface area contributed by atoms with Crippen LogP contribution in [0.15, 0.2) is 138 Å². The second-order valence-corrected chi connectivity index (χ2v) is 10.00. The van der Waals surface area contributed by atoms with E-state index in [1.165, 1.54) is 27.4 Å². The predicted octanol–water partition coefficient (Wildman–Crippen LogP) is 9.60. The lowest BCUT2D eigenvalue weighted by molar-refractivity contribution is 0.669. The molecule has 3 nitrogen and oxygen atoms in total. The van der Waals surface area contributed by atoms with E-state index in [0.29, 0.717) is 0 Å². The Morgan fingerprint density at radius 3 is 1.62 bits per heavy atom. The number of furan rings is 1. The number of hydrogen-bond acceptors (Lipinski definition) is 2. The molecule has 0 bridgehead atoms. The fourth-order valence-electron chi connectivity index (χ4n) is 5.97. The molecule has 0 unspecified atom stereocenters. The Morgan fingerprint density at radius 1 is 0.462 bits per heavy atom. The van der Waals surface area contributed by atoms with Crippen molar-refractivity contribution < 1.29 is 4.42 Å². The summed E-state index contributed by atoms with van der Waals surface area (Å²) in [5.41, 5.74) is 16.8. The first-order chi connectivity index (χ1) is 19.3. The third-order valence-corrected chi connectivity index (χ3v) is 7.78. The summed E-state index contributed by atoms with van der Waals surface area (Å²) in [7, 11) is 0. The van der Waals surface area contributed by atoms with Crippen LogP contribution in [0.2, 0.25) is 0 Å². The van der Waals surface area contributed by atoms with E-state index in [-0.39, 0.29) is 0 Å². The average molecular weight is 501 g/mol. The second kappa shape index (κ2) is 8.37. The van der Waals surface area contributed by atoms with E-state index in [0.717, 1.165) is 50.0 Å². The molecular formula is C36H24N2O. The lowest BCUT2D eigenvalue weighted by Gasteiger charge is -2.14. The minimum atomic E-state index is 0.769. The second-order valence-electron chi connectivity index (χ2n) is 10.00. The summed E-state index contributed by atoms with van der Waals surface area (Å²) in [6.45, 7) is 0. The van der Waals surface area contributed by atoms with Crippen LogP contribution in [0.25, 0.3) is 71.7 Å². The molecule has 2 N–H and O–H groups in total. The summed E-state index contributed by atoms with van der Waals surface area (Å²) in [6, 6.07) is 46.7. The van der Waals surface area contributed by atoms with Crippen molar-refractivity contribution in [1.29, 1.82) is 0 Å². The van der Waals surface area contributed by atoms with Gasteiger partial charge in [0.1, 0.15) is 11.2 Å². The molecule has 0 spiro atoms. The lowest BCUT2D eigenvalue weighted by atomic mass is 9.98. The van der Waals surface area contributed by atoms with Gasteiger partial charge >= 0.3 is 0 Å². The topological polar surface area (TPSA) is 44.1 Å². The number of nitrogens with two attached hydrogens (primary N) is 1. The number of nitrogen functional groups attached to an aromatic ring is 1. The molecule has 184 valence electrons. The zero-order chi connectivity index (χ0) is 25.9. The summed E-state index contributed by atoms with van der Waals surface area (Å²) in [5.74, 6) is 0. The van der Waals surface area contributed by atoms with Gasteiger partial charge in [-0.3, -0.25) is 0 Å². The minimum absolute atomic E-state index is 0.769. The van der Waals surface area contributed by atoms with Gasteiger partial charge in [0.25, 0.3) is 0 Å². The third kappa shape index (κ3) is 3.30. The van der Waals surface area contributed by atoms with E-state index in [1.807, 2.05) is 24.3 Å². The monoisotopic (exact) mass is 500 g/mol. The Balaban J connectivity index is 1.36. The average Bonchev–Trinajstić information content (AvgIpc) is 3.52. The molecule has 3 heteroatoms. The maximum atomic E-state index is 6.30. The molecule has 0 aliphatic heterocycles. The number of aromatic nitrogens is 1. The third-order valence-electron chi connectivity index (χ3n) is 7.78. The molecule has 6 aromatic carbocycles. The number of hydrogen-bond donors (Lipinski definition) is 1. The zero-order valence-corrected chi connectivity index (χ0v) is 21.1. The number of para-hydroxylation sites is 4. The number of benzene rings is 6. The van der Waals surface area contributed by atoms with Crippen LogP contribution in [0.4, 0.5) is 5.69 Å². The molecule has 2 aromatic heterocycles. The molecular weight excluding hydrogens is 476 g/mol. The summed E-state index contributed by atoms with van der Waals surface area (Å²) < 4.78 is 8.63. The maximum absolute atomic E-state index is 6.30. The molecule has 0 saturated carbocycles. The fraction of sp³-hybridized carbons (Fsp3) is 0. The summed E-state index contributed by atoms with van der Waals surface area (Å²) in [6.07, 6.45) is 0. The Labute approximate surface area is 225 Å². The Kier molecular flexibility index (Phi) is 4.67. The van der Waals surface area contributed by atoms with E-state index in [9.17, 15) is 0 Å². The van der Waals surface area contributed by atoms with Crippen LogP contribution in [0.1, 0.15) is 0 Å². The Morgan fingerprint density at radius 2 is 0.974 bits per heavy atom. The first-order valence-corrected chi connectivity index (χ1v) is 13.2. The molecule has 0 radical (unpaired) electrons. The highest BCUT2D eigenvalue weighted by molar-refractivity contribution is 6.11. The highest BCUT2D eigenvalue weighted by Gasteiger charge is 2.16. The van der Waals surface area contributed by atoms with Crippen LogP contribution in [0, 0.1) is 0 Å². The molecule has 8 aromatic rings.